The van der Waals surface area contributed by atoms with Crippen LogP contribution in [0.4, 0.5) is 0 Å². The van der Waals surface area contributed by atoms with Crippen LogP contribution in [0.5, 0.6) is 0 Å². The second-order valence-corrected chi connectivity index (χ2v) is 4.98. The molecule has 0 aliphatic heterocycles. The summed E-state index contributed by atoms with van der Waals surface area (Å²) >= 11 is 0. The van der Waals surface area contributed by atoms with Gasteiger partial charge in [-0.2, -0.15) is 0 Å². The molecule has 1 heterocycles. The molecule has 0 unspecified atom stereocenters. The molecule has 0 saturated carbocycles. The Kier molecular flexibility index (Phi) is 6.64. The van der Waals surface area contributed by atoms with Gasteiger partial charge in [0.2, 0.25) is 5.91 Å². The monoisotopic (exact) mass is 319 g/mol. The van der Waals surface area contributed by atoms with Crippen LogP contribution in [-0.2, 0) is 16.1 Å². The molecule has 0 aliphatic carbocycles. The van der Waals surface area contributed by atoms with Crippen LogP contribution < -0.4 is 16.2 Å². The zero-order valence-corrected chi connectivity index (χ0v) is 13.1. The molecule has 8 nitrogen and oxygen atoms in total. The summed E-state index contributed by atoms with van der Waals surface area (Å²) in [6.07, 6.45) is 0.186. The van der Waals surface area contributed by atoms with Crippen LogP contribution in [0.3, 0.4) is 0 Å². The van der Waals surface area contributed by atoms with Gasteiger partial charge in [-0.1, -0.05) is 17.3 Å². The largest absolute Gasteiger partial charge is 0.383 e. The van der Waals surface area contributed by atoms with Gasteiger partial charge in [-0.3, -0.25) is 9.59 Å². The smallest absolute Gasteiger partial charge is 0.277 e. The van der Waals surface area contributed by atoms with Gasteiger partial charge in [0, 0.05) is 33.2 Å². The highest BCUT2D eigenvalue weighted by molar-refractivity contribution is 5.77. The summed E-state index contributed by atoms with van der Waals surface area (Å²) in [5.41, 5.74) is 0.324. The number of rotatable bonds is 9. The van der Waals surface area contributed by atoms with Crippen LogP contribution in [-0.4, -0.2) is 54.3 Å². The number of carbonyl (C=O) groups excluding carboxylic acids is 1. The van der Waals surface area contributed by atoms with E-state index < -0.39 is 0 Å². The first kappa shape index (κ1) is 17.0. The van der Waals surface area contributed by atoms with Crippen LogP contribution in [0.25, 0.3) is 10.9 Å². The highest BCUT2D eigenvalue weighted by Gasteiger charge is 2.07. The van der Waals surface area contributed by atoms with Crippen molar-refractivity contribution in [1.29, 1.82) is 0 Å². The molecule has 1 amide bonds. The van der Waals surface area contributed by atoms with Gasteiger partial charge >= 0.3 is 0 Å². The number of fused-ring (bicyclic) bond motifs is 1. The van der Waals surface area contributed by atoms with Gasteiger partial charge in [-0.15, -0.1) is 5.10 Å². The van der Waals surface area contributed by atoms with Gasteiger partial charge in [-0.05, 0) is 12.1 Å². The number of amides is 1. The number of benzene rings is 1. The van der Waals surface area contributed by atoms with Crippen molar-refractivity contribution in [3.05, 3.63) is 34.6 Å². The summed E-state index contributed by atoms with van der Waals surface area (Å²) in [6, 6.07) is 7.01. The van der Waals surface area contributed by atoms with Crippen molar-refractivity contribution < 1.29 is 9.53 Å². The lowest BCUT2D eigenvalue weighted by molar-refractivity contribution is -0.121. The van der Waals surface area contributed by atoms with E-state index in [1.807, 2.05) is 0 Å². The molecule has 0 radical (unpaired) electrons. The number of nitrogens with one attached hydrogen (secondary N) is 2. The standard InChI is InChI=1S/C15H21N5O3/c1-23-11-9-16-7-8-17-14(21)6-10-20-15(22)12-4-2-3-5-13(12)18-19-20/h2-5,16H,6-11H2,1H3,(H,17,21). The van der Waals surface area contributed by atoms with Gasteiger partial charge in [0.05, 0.1) is 18.5 Å². The molecule has 1 aromatic carbocycles. The zero-order valence-electron chi connectivity index (χ0n) is 13.1. The number of hydrogen-bond acceptors (Lipinski definition) is 6. The Morgan fingerprint density at radius 2 is 2.09 bits per heavy atom. The van der Waals surface area contributed by atoms with Crippen LogP contribution in [0.2, 0.25) is 0 Å². The van der Waals surface area contributed by atoms with E-state index in [2.05, 4.69) is 20.9 Å². The molecule has 2 aromatic rings. The second-order valence-electron chi connectivity index (χ2n) is 4.98. The third-order valence-corrected chi connectivity index (χ3v) is 3.29. The van der Waals surface area contributed by atoms with E-state index >= 15 is 0 Å². The minimum Gasteiger partial charge on any atom is -0.383 e. The first-order valence-electron chi connectivity index (χ1n) is 7.51. The number of aromatic nitrogens is 3. The average Bonchev–Trinajstić information content (AvgIpc) is 2.57. The summed E-state index contributed by atoms with van der Waals surface area (Å²) in [7, 11) is 1.64. The minimum absolute atomic E-state index is 0.125. The maximum Gasteiger partial charge on any atom is 0.277 e. The molecule has 8 heteroatoms. The zero-order chi connectivity index (χ0) is 16.5. The van der Waals surface area contributed by atoms with E-state index in [1.54, 1.807) is 31.4 Å². The highest BCUT2D eigenvalue weighted by Crippen LogP contribution is 2.03. The molecule has 2 N–H and O–H groups in total. The molecule has 2 rings (SSSR count). The Bertz CT molecular complexity index is 701. The number of hydrogen-bond donors (Lipinski definition) is 2. The Morgan fingerprint density at radius 1 is 1.26 bits per heavy atom. The summed E-state index contributed by atoms with van der Waals surface area (Å²) in [6.45, 7) is 2.79. The Labute approximate surface area is 133 Å². The normalized spacial score (nSPS) is 10.8. The third kappa shape index (κ3) is 5.11. The summed E-state index contributed by atoms with van der Waals surface area (Å²) in [4.78, 5) is 24.0. The average molecular weight is 319 g/mol. The minimum atomic E-state index is -0.232. The molecule has 1 aromatic heterocycles. The Balaban J connectivity index is 1.78. The van der Waals surface area contributed by atoms with Crippen molar-refractivity contribution in [1.82, 2.24) is 25.6 Å². The molecule has 0 bridgehead atoms. The molecular weight excluding hydrogens is 298 g/mol. The predicted octanol–water partition coefficient (Wildman–Crippen LogP) is -0.466. The van der Waals surface area contributed by atoms with Crippen molar-refractivity contribution in [2.24, 2.45) is 0 Å². The quantitative estimate of drug-likeness (QED) is 0.607. The SMILES string of the molecule is COCCNCCNC(=O)CCn1nnc2ccccc2c1=O. The summed E-state index contributed by atoms with van der Waals surface area (Å²) < 4.78 is 6.12. The van der Waals surface area contributed by atoms with E-state index in [9.17, 15) is 9.59 Å². The molecule has 0 spiro atoms. The number of ether oxygens (including phenoxy) is 1. The third-order valence-electron chi connectivity index (χ3n) is 3.29. The van der Waals surface area contributed by atoms with E-state index in [0.717, 1.165) is 6.54 Å². The van der Waals surface area contributed by atoms with Gasteiger partial charge < -0.3 is 15.4 Å². The molecule has 0 saturated heterocycles. The van der Waals surface area contributed by atoms with Crippen LogP contribution >= 0.6 is 0 Å². The number of aryl methyl sites for hydroxylation is 1. The van der Waals surface area contributed by atoms with Gasteiger partial charge in [0.15, 0.2) is 0 Å². The lowest BCUT2D eigenvalue weighted by atomic mass is 10.2. The van der Waals surface area contributed by atoms with Crippen LogP contribution in [0, 0.1) is 0 Å². The second kappa shape index (κ2) is 8.96. The van der Waals surface area contributed by atoms with Crippen molar-refractivity contribution >= 4 is 16.8 Å². The Hall–Kier alpha value is -2.32. The van der Waals surface area contributed by atoms with E-state index in [0.29, 0.717) is 30.6 Å². The lowest BCUT2D eigenvalue weighted by Crippen LogP contribution is -2.34. The topological polar surface area (TPSA) is 98.1 Å². The van der Waals surface area contributed by atoms with Crippen LogP contribution in [0.15, 0.2) is 29.1 Å². The molecule has 0 aliphatic rings. The molecule has 124 valence electrons. The number of carbonyl (C=O) groups is 1. The maximum absolute atomic E-state index is 12.2. The molecule has 23 heavy (non-hydrogen) atoms. The fourth-order valence-corrected chi connectivity index (χ4v) is 2.06. The van der Waals surface area contributed by atoms with E-state index in [-0.39, 0.29) is 24.4 Å². The lowest BCUT2D eigenvalue weighted by Gasteiger charge is -2.07. The first-order valence-corrected chi connectivity index (χ1v) is 7.51. The van der Waals surface area contributed by atoms with Crippen molar-refractivity contribution in [2.45, 2.75) is 13.0 Å². The summed E-state index contributed by atoms with van der Waals surface area (Å²) in [5, 5.41) is 14.3. The summed E-state index contributed by atoms with van der Waals surface area (Å²) in [5.74, 6) is -0.125. The number of nitrogens with zero attached hydrogens (tertiary/aromatic N) is 3. The molecular formula is C15H21N5O3. The van der Waals surface area contributed by atoms with Crippen molar-refractivity contribution in [3.8, 4) is 0 Å². The fourth-order valence-electron chi connectivity index (χ4n) is 2.06. The highest BCUT2D eigenvalue weighted by atomic mass is 16.5. The predicted molar refractivity (Wildman–Crippen MR) is 86.2 cm³/mol. The van der Waals surface area contributed by atoms with Gasteiger partial charge in [-0.25, -0.2) is 4.68 Å². The van der Waals surface area contributed by atoms with Crippen LogP contribution in [0.1, 0.15) is 6.42 Å². The van der Waals surface area contributed by atoms with Gasteiger partial charge in [0.1, 0.15) is 5.52 Å². The molecule has 0 atom stereocenters. The maximum atomic E-state index is 12.2. The first-order chi connectivity index (χ1) is 11.2. The van der Waals surface area contributed by atoms with E-state index in [4.69, 9.17) is 4.74 Å². The van der Waals surface area contributed by atoms with E-state index in [1.165, 1.54) is 4.68 Å². The fraction of sp³-hybridized carbons (Fsp3) is 0.467. The number of methoxy groups -OCH3 is 1. The van der Waals surface area contributed by atoms with Crippen molar-refractivity contribution in [2.75, 3.05) is 33.4 Å². The molecule has 0 fully saturated rings. The van der Waals surface area contributed by atoms with Gasteiger partial charge in [0.25, 0.3) is 5.56 Å². The van der Waals surface area contributed by atoms with Crippen molar-refractivity contribution in [3.63, 3.8) is 0 Å². The Morgan fingerprint density at radius 3 is 2.91 bits per heavy atom.